The van der Waals surface area contributed by atoms with Gasteiger partial charge in [0.1, 0.15) is 0 Å². The summed E-state index contributed by atoms with van der Waals surface area (Å²) in [5.41, 5.74) is 1.70. The molecule has 0 saturated heterocycles. The maximum Gasteiger partial charge on any atom is 0.437 e. The number of rotatable bonds is 2. The summed E-state index contributed by atoms with van der Waals surface area (Å²) in [5, 5.41) is 6.50. The smallest absolute Gasteiger partial charge is 0.298 e. The highest BCUT2D eigenvalue weighted by Crippen LogP contribution is 2.15. The summed E-state index contributed by atoms with van der Waals surface area (Å²) < 4.78 is 0. The molecular weight excluding hydrogens is 216 g/mol. The summed E-state index contributed by atoms with van der Waals surface area (Å²) in [5.74, 6) is 0. The Morgan fingerprint density at radius 3 is 2.53 bits per heavy atom. The van der Waals surface area contributed by atoms with Crippen molar-refractivity contribution in [3.8, 4) is 0 Å². The zero-order valence-electron chi connectivity index (χ0n) is 9.69. The van der Waals surface area contributed by atoms with Gasteiger partial charge in [-0.2, -0.15) is 0 Å². The first kappa shape index (κ1) is 11.6. The van der Waals surface area contributed by atoms with Crippen LogP contribution in [0.15, 0.2) is 35.5 Å². The number of anilines is 1. The lowest BCUT2D eigenvalue weighted by atomic mass is 9.99. The van der Waals surface area contributed by atoms with Crippen LogP contribution in [-0.4, -0.2) is 11.8 Å². The molecule has 4 heteroatoms. The Kier molecular flexibility index (Phi) is 4.13. The van der Waals surface area contributed by atoms with E-state index in [1.807, 2.05) is 18.2 Å². The van der Waals surface area contributed by atoms with Gasteiger partial charge in [0, 0.05) is 5.69 Å². The monoisotopic (exact) mass is 232 g/mol. The minimum absolute atomic E-state index is 0.533. The van der Waals surface area contributed by atoms with Gasteiger partial charge in [-0.15, -0.1) is 0 Å². The van der Waals surface area contributed by atoms with E-state index in [1.165, 1.54) is 6.42 Å². The van der Waals surface area contributed by atoms with Crippen LogP contribution in [0.2, 0.25) is 0 Å². The van der Waals surface area contributed by atoms with Gasteiger partial charge in [0.25, 0.3) is 0 Å². The van der Waals surface area contributed by atoms with Crippen molar-refractivity contribution >= 4 is 17.5 Å². The van der Waals surface area contributed by atoms with Crippen LogP contribution < -0.4 is 5.32 Å². The van der Waals surface area contributed by atoms with Crippen LogP contribution >= 0.6 is 0 Å². The lowest BCUT2D eigenvalue weighted by molar-refractivity contribution is 0.165. The fourth-order valence-corrected chi connectivity index (χ4v) is 1.82. The van der Waals surface area contributed by atoms with Crippen molar-refractivity contribution in [3.63, 3.8) is 0 Å². The molecule has 1 fully saturated rings. The fraction of sp³-hybridized carbons (Fsp3) is 0.385. The van der Waals surface area contributed by atoms with E-state index in [9.17, 15) is 4.79 Å². The van der Waals surface area contributed by atoms with Crippen molar-refractivity contribution in [2.75, 3.05) is 5.32 Å². The van der Waals surface area contributed by atoms with Crippen molar-refractivity contribution in [1.82, 2.24) is 0 Å². The van der Waals surface area contributed by atoms with Crippen LogP contribution in [0.25, 0.3) is 0 Å². The Balaban J connectivity index is 1.81. The second-order valence-corrected chi connectivity index (χ2v) is 4.09. The van der Waals surface area contributed by atoms with Crippen LogP contribution in [0.4, 0.5) is 10.5 Å². The highest BCUT2D eigenvalue weighted by atomic mass is 16.7. The Bertz CT molecular complexity index is 393. The van der Waals surface area contributed by atoms with E-state index in [-0.39, 0.29) is 0 Å². The molecule has 0 spiro atoms. The first-order valence-electron chi connectivity index (χ1n) is 5.93. The number of carbonyl (C=O) groups is 1. The molecule has 0 aliphatic heterocycles. The summed E-state index contributed by atoms with van der Waals surface area (Å²) in [6.07, 6.45) is 4.88. The maximum absolute atomic E-state index is 11.4. The average molecular weight is 232 g/mol. The number of amides is 1. The topological polar surface area (TPSA) is 50.7 Å². The van der Waals surface area contributed by atoms with Gasteiger partial charge in [0.15, 0.2) is 0 Å². The number of nitrogens with zero attached hydrogens (tertiary/aromatic N) is 1. The Morgan fingerprint density at radius 2 is 1.82 bits per heavy atom. The van der Waals surface area contributed by atoms with E-state index in [1.54, 1.807) is 12.1 Å². The summed E-state index contributed by atoms with van der Waals surface area (Å²) in [6.45, 7) is 0. The number of carbonyl (C=O) groups excluding carboxylic acids is 1. The molecule has 0 heterocycles. The van der Waals surface area contributed by atoms with Gasteiger partial charge in [-0.05, 0) is 37.8 Å². The van der Waals surface area contributed by atoms with Crippen LogP contribution in [0.1, 0.15) is 32.1 Å². The molecule has 1 aliphatic rings. The van der Waals surface area contributed by atoms with Crippen molar-refractivity contribution < 1.29 is 9.63 Å². The van der Waals surface area contributed by atoms with Crippen molar-refractivity contribution in [2.45, 2.75) is 32.1 Å². The van der Waals surface area contributed by atoms with E-state index in [2.05, 4.69) is 10.5 Å². The second kappa shape index (κ2) is 6.03. The van der Waals surface area contributed by atoms with Crippen LogP contribution in [0.3, 0.4) is 0 Å². The molecular formula is C13H16N2O2. The summed E-state index contributed by atoms with van der Waals surface area (Å²) in [6, 6.07) is 9.19. The van der Waals surface area contributed by atoms with Gasteiger partial charge in [0.2, 0.25) is 0 Å². The van der Waals surface area contributed by atoms with Gasteiger partial charge >= 0.3 is 6.09 Å². The van der Waals surface area contributed by atoms with Gasteiger partial charge in [-0.1, -0.05) is 29.8 Å². The third-order valence-electron chi connectivity index (χ3n) is 2.71. The standard InChI is InChI=1S/C13H16N2O2/c16-13(14-11-7-3-1-4-8-11)17-15-12-9-5-2-6-10-12/h1,3-4,7-8H,2,5-6,9-10H2,(H,14,16). The van der Waals surface area contributed by atoms with Crippen molar-refractivity contribution in [1.29, 1.82) is 0 Å². The van der Waals surface area contributed by atoms with Crippen LogP contribution in [-0.2, 0) is 4.84 Å². The summed E-state index contributed by atoms with van der Waals surface area (Å²) in [4.78, 5) is 16.2. The summed E-state index contributed by atoms with van der Waals surface area (Å²) >= 11 is 0. The lowest BCUT2D eigenvalue weighted by Crippen LogP contribution is -2.13. The number of nitrogens with one attached hydrogen (secondary N) is 1. The molecule has 0 unspecified atom stereocenters. The highest BCUT2D eigenvalue weighted by molar-refractivity contribution is 5.87. The normalized spacial score (nSPS) is 15.2. The zero-order chi connectivity index (χ0) is 11.9. The maximum atomic E-state index is 11.4. The van der Waals surface area contributed by atoms with Gasteiger partial charge < -0.3 is 0 Å². The average Bonchev–Trinajstić information content (AvgIpc) is 2.39. The largest absolute Gasteiger partial charge is 0.437 e. The molecule has 1 saturated carbocycles. The molecule has 4 nitrogen and oxygen atoms in total. The first-order chi connectivity index (χ1) is 8.34. The SMILES string of the molecule is O=C(Nc1ccccc1)ON=C1CCCCC1. The zero-order valence-corrected chi connectivity index (χ0v) is 9.69. The van der Waals surface area contributed by atoms with E-state index in [0.29, 0.717) is 5.69 Å². The number of benzene rings is 1. The predicted octanol–water partition coefficient (Wildman–Crippen LogP) is 3.56. The molecule has 1 aromatic rings. The molecule has 17 heavy (non-hydrogen) atoms. The second-order valence-electron chi connectivity index (χ2n) is 4.09. The Labute approximate surface area is 101 Å². The van der Waals surface area contributed by atoms with E-state index >= 15 is 0 Å². The molecule has 2 rings (SSSR count). The summed E-state index contributed by atoms with van der Waals surface area (Å²) in [7, 11) is 0. The molecule has 0 radical (unpaired) electrons. The van der Waals surface area contributed by atoms with Crippen LogP contribution in [0, 0.1) is 0 Å². The molecule has 1 aliphatic carbocycles. The van der Waals surface area contributed by atoms with Crippen molar-refractivity contribution in [3.05, 3.63) is 30.3 Å². The quantitative estimate of drug-likeness (QED) is 0.626. The molecule has 0 atom stereocenters. The molecule has 0 aromatic heterocycles. The van der Waals surface area contributed by atoms with Gasteiger partial charge in [-0.3, -0.25) is 10.2 Å². The Morgan fingerprint density at radius 1 is 1.12 bits per heavy atom. The minimum atomic E-state index is -0.533. The molecule has 1 N–H and O–H groups in total. The van der Waals surface area contributed by atoms with E-state index in [0.717, 1.165) is 31.4 Å². The third-order valence-corrected chi connectivity index (χ3v) is 2.71. The lowest BCUT2D eigenvalue weighted by Gasteiger charge is -2.11. The third kappa shape index (κ3) is 3.90. The Hall–Kier alpha value is -1.84. The number of hydrogen-bond acceptors (Lipinski definition) is 3. The van der Waals surface area contributed by atoms with Gasteiger partial charge in [-0.25, -0.2) is 4.79 Å². The minimum Gasteiger partial charge on any atom is -0.298 e. The highest BCUT2D eigenvalue weighted by Gasteiger charge is 2.08. The number of oxime groups is 1. The first-order valence-corrected chi connectivity index (χ1v) is 5.93. The van der Waals surface area contributed by atoms with Crippen molar-refractivity contribution in [2.24, 2.45) is 5.16 Å². The molecule has 0 bridgehead atoms. The molecule has 1 amide bonds. The predicted molar refractivity (Wildman–Crippen MR) is 67.1 cm³/mol. The number of hydrogen-bond donors (Lipinski definition) is 1. The molecule has 1 aromatic carbocycles. The van der Waals surface area contributed by atoms with E-state index in [4.69, 9.17) is 4.84 Å². The van der Waals surface area contributed by atoms with E-state index < -0.39 is 6.09 Å². The fourth-order valence-electron chi connectivity index (χ4n) is 1.82. The number of para-hydroxylation sites is 1. The molecule has 90 valence electrons. The van der Waals surface area contributed by atoms with Gasteiger partial charge in [0.05, 0.1) is 5.71 Å². The van der Waals surface area contributed by atoms with Crippen LogP contribution in [0.5, 0.6) is 0 Å².